The molecule has 0 atom stereocenters. The van der Waals surface area contributed by atoms with Crippen LogP contribution in [0.3, 0.4) is 0 Å². The molecule has 1 fully saturated rings. The first kappa shape index (κ1) is 17.5. The summed E-state index contributed by atoms with van der Waals surface area (Å²) in [6.07, 6.45) is 1.71. The summed E-state index contributed by atoms with van der Waals surface area (Å²) in [6.45, 7) is 2.55. The minimum absolute atomic E-state index is 0.0669. The van der Waals surface area contributed by atoms with Crippen LogP contribution in [0.15, 0.2) is 76.9 Å². The molecule has 3 aromatic rings. The van der Waals surface area contributed by atoms with Crippen LogP contribution in [0.2, 0.25) is 0 Å². The van der Waals surface area contributed by atoms with Crippen molar-refractivity contribution in [2.75, 3.05) is 5.75 Å². The topological polar surface area (TPSA) is 45.0 Å². The van der Waals surface area contributed by atoms with Crippen LogP contribution in [0, 0.1) is 6.92 Å². The summed E-state index contributed by atoms with van der Waals surface area (Å²) in [5.41, 5.74) is 3.30. The van der Waals surface area contributed by atoms with E-state index in [-0.39, 0.29) is 5.91 Å². The Balaban J connectivity index is 1.57. The number of carbonyl (C=O) groups excluding carboxylic acids is 1. The molecular weight excluding hydrogens is 354 g/mol. The summed E-state index contributed by atoms with van der Waals surface area (Å²) in [6, 6.07) is 22.5. The van der Waals surface area contributed by atoms with Crippen LogP contribution in [0.25, 0.3) is 10.8 Å². The summed E-state index contributed by atoms with van der Waals surface area (Å²) < 4.78 is 0. The van der Waals surface area contributed by atoms with E-state index in [2.05, 4.69) is 34.5 Å². The average molecular weight is 373 g/mol. The van der Waals surface area contributed by atoms with Gasteiger partial charge in [-0.1, -0.05) is 84.1 Å². The van der Waals surface area contributed by atoms with Crippen molar-refractivity contribution in [3.05, 3.63) is 83.4 Å². The molecule has 1 heterocycles. The maximum absolute atomic E-state index is 12.4. The van der Waals surface area contributed by atoms with Gasteiger partial charge in [-0.25, -0.2) is 0 Å². The number of rotatable bonds is 4. The Morgan fingerprint density at radius 3 is 2.67 bits per heavy atom. The smallest absolute Gasteiger partial charge is 0.239 e. The first-order valence-electron chi connectivity index (χ1n) is 8.78. The molecule has 4 nitrogen and oxygen atoms in total. The highest BCUT2D eigenvalue weighted by molar-refractivity contribution is 8.15. The van der Waals surface area contributed by atoms with Gasteiger partial charge in [0.25, 0.3) is 0 Å². The molecule has 134 valence electrons. The number of nitrogens with zero attached hydrogens (tertiary/aromatic N) is 3. The van der Waals surface area contributed by atoms with E-state index in [1.54, 1.807) is 11.1 Å². The fraction of sp³-hybridized carbons (Fsp3) is 0.136. The minimum atomic E-state index is 0.0669. The SMILES string of the molecule is Cc1ccc(/C=N\N=C2/SCC(=O)N2Cc2cccc3ccccc23)cc1. The van der Waals surface area contributed by atoms with Crippen LogP contribution >= 0.6 is 11.8 Å². The lowest BCUT2D eigenvalue weighted by molar-refractivity contribution is -0.124. The number of hydrogen-bond acceptors (Lipinski definition) is 4. The van der Waals surface area contributed by atoms with Crippen molar-refractivity contribution in [2.24, 2.45) is 10.2 Å². The monoisotopic (exact) mass is 373 g/mol. The molecule has 0 bridgehead atoms. The Bertz CT molecular complexity index is 1040. The van der Waals surface area contributed by atoms with Crippen LogP contribution in [-0.4, -0.2) is 27.9 Å². The van der Waals surface area contributed by atoms with E-state index in [9.17, 15) is 4.79 Å². The zero-order valence-corrected chi connectivity index (χ0v) is 15.8. The largest absolute Gasteiger partial charge is 0.285 e. The van der Waals surface area contributed by atoms with Crippen LogP contribution < -0.4 is 0 Å². The number of fused-ring (bicyclic) bond motifs is 1. The molecular formula is C22H19N3OS. The molecule has 4 rings (SSSR count). The molecule has 0 radical (unpaired) electrons. The van der Waals surface area contributed by atoms with Gasteiger partial charge in [-0.2, -0.15) is 5.10 Å². The second-order valence-corrected chi connectivity index (χ2v) is 7.39. The number of carbonyl (C=O) groups is 1. The van der Waals surface area contributed by atoms with Crippen molar-refractivity contribution in [1.82, 2.24) is 4.90 Å². The summed E-state index contributed by atoms with van der Waals surface area (Å²) in [5, 5.41) is 11.5. The number of aryl methyl sites for hydroxylation is 1. The second-order valence-electron chi connectivity index (χ2n) is 6.44. The van der Waals surface area contributed by atoms with Crippen molar-refractivity contribution in [2.45, 2.75) is 13.5 Å². The summed E-state index contributed by atoms with van der Waals surface area (Å²) >= 11 is 1.43. The molecule has 1 aliphatic rings. The van der Waals surface area contributed by atoms with Crippen LogP contribution in [0.1, 0.15) is 16.7 Å². The van der Waals surface area contributed by atoms with Crippen molar-refractivity contribution in [3.63, 3.8) is 0 Å². The van der Waals surface area contributed by atoms with Crippen molar-refractivity contribution < 1.29 is 4.79 Å². The van der Waals surface area contributed by atoms with E-state index >= 15 is 0 Å². The van der Waals surface area contributed by atoms with Crippen molar-refractivity contribution >= 4 is 39.8 Å². The highest BCUT2D eigenvalue weighted by Crippen LogP contribution is 2.25. The van der Waals surface area contributed by atoms with Gasteiger partial charge >= 0.3 is 0 Å². The lowest BCUT2D eigenvalue weighted by Crippen LogP contribution is -2.28. The summed E-state index contributed by atoms with van der Waals surface area (Å²) in [4.78, 5) is 14.1. The predicted molar refractivity (Wildman–Crippen MR) is 113 cm³/mol. The summed E-state index contributed by atoms with van der Waals surface area (Å²) in [5.74, 6) is 0.473. The van der Waals surface area contributed by atoms with Gasteiger partial charge in [-0.3, -0.25) is 9.69 Å². The molecule has 0 aromatic heterocycles. The number of thioether (sulfide) groups is 1. The minimum Gasteiger partial charge on any atom is -0.285 e. The first-order valence-corrected chi connectivity index (χ1v) is 9.77. The van der Waals surface area contributed by atoms with Gasteiger partial charge in [0, 0.05) is 0 Å². The molecule has 0 spiro atoms. The zero-order chi connectivity index (χ0) is 18.6. The van der Waals surface area contributed by atoms with Gasteiger partial charge in [-0.05, 0) is 28.8 Å². The maximum Gasteiger partial charge on any atom is 0.239 e. The highest BCUT2D eigenvalue weighted by Gasteiger charge is 2.28. The lowest BCUT2D eigenvalue weighted by Gasteiger charge is -2.16. The molecule has 27 heavy (non-hydrogen) atoms. The Morgan fingerprint density at radius 1 is 1.04 bits per heavy atom. The molecule has 0 unspecified atom stereocenters. The Labute approximate surface area is 162 Å². The van der Waals surface area contributed by atoms with Gasteiger partial charge in [0.15, 0.2) is 5.17 Å². The van der Waals surface area contributed by atoms with Crippen LogP contribution in [0.4, 0.5) is 0 Å². The van der Waals surface area contributed by atoms with Gasteiger partial charge in [0.1, 0.15) is 0 Å². The van der Waals surface area contributed by atoms with E-state index in [1.165, 1.54) is 22.7 Å². The second kappa shape index (κ2) is 7.76. The number of benzene rings is 3. The third-order valence-electron chi connectivity index (χ3n) is 4.49. The molecule has 1 saturated heterocycles. The first-order chi connectivity index (χ1) is 13.2. The van der Waals surface area contributed by atoms with E-state index in [1.807, 2.05) is 49.4 Å². The average Bonchev–Trinajstić information content (AvgIpc) is 3.03. The molecule has 3 aromatic carbocycles. The third-order valence-corrected chi connectivity index (χ3v) is 5.44. The molecule has 1 aliphatic heterocycles. The molecule has 5 heteroatoms. The fourth-order valence-corrected chi connectivity index (χ4v) is 3.86. The standard InChI is InChI=1S/C22H19N3OS/c1-16-9-11-17(12-10-16)13-23-24-22-25(21(26)15-27-22)14-19-7-4-6-18-5-2-3-8-20(18)19/h2-13H,14-15H2,1H3/b23-13-,24-22-. The Hall–Kier alpha value is -2.92. The normalized spacial score (nSPS) is 16.1. The van der Waals surface area contributed by atoms with Gasteiger partial charge < -0.3 is 0 Å². The maximum atomic E-state index is 12.4. The molecule has 0 aliphatic carbocycles. The van der Waals surface area contributed by atoms with Gasteiger partial charge in [0.05, 0.1) is 18.5 Å². The number of hydrogen-bond donors (Lipinski definition) is 0. The van der Waals surface area contributed by atoms with E-state index < -0.39 is 0 Å². The van der Waals surface area contributed by atoms with Crippen LogP contribution in [0.5, 0.6) is 0 Å². The van der Waals surface area contributed by atoms with E-state index in [0.717, 1.165) is 16.5 Å². The predicted octanol–water partition coefficient (Wildman–Crippen LogP) is 4.61. The van der Waals surface area contributed by atoms with Gasteiger partial charge in [-0.15, -0.1) is 5.10 Å². The van der Waals surface area contributed by atoms with Gasteiger partial charge in [0.2, 0.25) is 5.91 Å². The Kier molecular flexibility index (Phi) is 5.03. The third kappa shape index (κ3) is 3.93. The lowest BCUT2D eigenvalue weighted by atomic mass is 10.0. The van der Waals surface area contributed by atoms with E-state index in [4.69, 9.17) is 0 Å². The number of amides is 1. The molecule has 0 N–H and O–H groups in total. The number of amidine groups is 1. The quantitative estimate of drug-likeness (QED) is 0.495. The Morgan fingerprint density at radius 2 is 1.81 bits per heavy atom. The highest BCUT2D eigenvalue weighted by atomic mass is 32.2. The van der Waals surface area contributed by atoms with E-state index in [0.29, 0.717) is 17.5 Å². The van der Waals surface area contributed by atoms with Crippen molar-refractivity contribution in [1.29, 1.82) is 0 Å². The zero-order valence-electron chi connectivity index (χ0n) is 15.0. The molecule has 1 amide bonds. The molecule has 0 saturated carbocycles. The van der Waals surface area contributed by atoms with Crippen LogP contribution in [-0.2, 0) is 11.3 Å². The van der Waals surface area contributed by atoms with Crippen molar-refractivity contribution in [3.8, 4) is 0 Å². The summed E-state index contributed by atoms with van der Waals surface area (Å²) in [7, 11) is 0. The fourth-order valence-electron chi connectivity index (χ4n) is 3.03.